The van der Waals surface area contributed by atoms with Gasteiger partial charge in [0, 0.05) is 11.5 Å². The van der Waals surface area contributed by atoms with E-state index in [-0.39, 0.29) is 17.7 Å². The summed E-state index contributed by atoms with van der Waals surface area (Å²) in [5, 5.41) is 0. The first-order valence-electron chi connectivity index (χ1n) is 6.76. The number of para-hydroxylation sites is 1. The van der Waals surface area contributed by atoms with Gasteiger partial charge in [-0.2, -0.15) is 0 Å². The van der Waals surface area contributed by atoms with E-state index in [1.54, 1.807) is 6.07 Å². The fourth-order valence-corrected chi connectivity index (χ4v) is 2.78. The van der Waals surface area contributed by atoms with Crippen molar-refractivity contribution in [3.05, 3.63) is 59.4 Å². The van der Waals surface area contributed by atoms with Crippen molar-refractivity contribution in [2.45, 2.75) is 12.0 Å². The molecule has 0 saturated carbocycles. The van der Waals surface area contributed by atoms with E-state index in [0.717, 1.165) is 16.9 Å². The van der Waals surface area contributed by atoms with Crippen LogP contribution in [0.3, 0.4) is 0 Å². The maximum Gasteiger partial charge on any atom is 0.165 e. The van der Waals surface area contributed by atoms with Crippen molar-refractivity contribution in [3.8, 4) is 11.5 Å². The van der Waals surface area contributed by atoms with E-state index in [2.05, 4.69) is 5.43 Å². The Hall–Kier alpha value is -2.11. The molecule has 1 aliphatic heterocycles. The van der Waals surface area contributed by atoms with Crippen LogP contribution in [0.25, 0.3) is 0 Å². The molecule has 0 bridgehead atoms. The van der Waals surface area contributed by atoms with E-state index in [4.69, 9.17) is 15.3 Å². The number of hydrogen-bond donors (Lipinski definition) is 2. The Morgan fingerprint density at radius 3 is 2.86 bits per heavy atom. The van der Waals surface area contributed by atoms with Gasteiger partial charge in [0.2, 0.25) is 0 Å². The molecule has 1 heterocycles. The molecule has 2 unspecified atom stereocenters. The molecule has 0 radical (unpaired) electrons. The largest absolute Gasteiger partial charge is 0.494 e. The second-order valence-corrected chi connectivity index (χ2v) is 4.99. The number of fused-ring (bicyclic) bond motifs is 1. The highest BCUT2D eigenvalue weighted by atomic mass is 19.1. The second-order valence-electron chi connectivity index (χ2n) is 4.99. The highest BCUT2D eigenvalue weighted by Crippen LogP contribution is 2.41. The first-order valence-corrected chi connectivity index (χ1v) is 6.76. The predicted octanol–water partition coefficient (Wildman–Crippen LogP) is 2.51. The third-order valence-electron chi connectivity index (χ3n) is 3.85. The van der Waals surface area contributed by atoms with Crippen LogP contribution in [0.4, 0.5) is 4.39 Å². The zero-order valence-electron chi connectivity index (χ0n) is 11.7. The van der Waals surface area contributed by atoms with E-state index in [9.17, 15) is 4.39 Å². The Morgan fingerprint density at radius 2 is 2.14 bits per heavy atom. The molecule has 0 fully saturated rings. The van der Waals surface area contributed by atoms with Crippen molar-refractivity contribution in [1.29, 1.82) is 0 Å². The molecular formula is C16H17FN2O2. The maximum absolute atomic E-state index is 13.9. The summed E-state index contributed by atoms with van der Waals surface area (Å²) in [6, 6.07) is 12.5. The van der Waals surface area contributed by atoms with Crippen LogP contribution in [0.2, 0.25) is 0 Å². The van der Waals surface area contributed by atoms with Crippen LogP contribution in [-0.4, -0.2) is 13.7 Å². The molecule has 0 aromatic heterocycles. The number of ether oxygens (including phenoxy) is 2. The van der Waals surface area contributed by atoms with E-state index < -0.39 is 5.82 Å². The summed E-state index contributed by atoms with van der Waals surface area (Å²) in [6.07, 6.45) is 0. The quantitative estimate of drug-likeness (QED) is 0.670. The zero-order valence-corrected chi connectivity index (χ0v) is 11.7. The Kier molecular flexibility index (Phi) is 3.77. The highest BCUT2D eigenvalue weighted by Gasteiger charge is 2.32. The van der Waals surface area contributed by atoms with Gasteiger partial charge in [-0.3, -0.25) is 11.3 Å². The number of hydrazine groups is 1. The first-order chi connectivity index (χ1) is 10.2. The van der Waals surface area contributed by atoms with E-state index >= 15 is 0 Å². The summed E-state index contributed by atoms with van der Waals surface area (Å²) in [5.41, 5.74) is 4.62. The highest BCUT2D eigenvalue weighted by molar-refractivity contribution is 5.42. The molecule has 21 heavy (non-hydrogen) atoms. The topological polar surface area (TPSA) is 56.5 Å². The van der Waals surface area contributed by atoms with Crippen LogP contribution in [-0.2, 0) is 0 Å². The summed E-state index contributed by atoms with van der Waals surface area (Å²) < 4.78 is 24.5. The number of nitrogens with two attached hydrogens (primary N) is 1. The lowest BCUT2D eigenvalue weighted by Gasteiger charge is -2.22. The van der Waals surface area contributed by atoms with Gasteiger partial charge in [0.1, 0.15) is 5.75 Å². The lowest BCUT2D eigenvalue weighted by molar-refractivity contribution is 0.300. The van der Waals surface area contributed by atoms with Crippen molar-refractivity contribution in [1.82, 2.24) is 5.43 Å². The van der Waals surface area contributed by atoms with Gasteiger partial charge in [0.15, 0.2) is 11.6 Å². The Balaban J connectivity index is 1.95. The molecule has 5 heteroatoms. The lowest BCUT2D eigenvalue weighted by Crippen LogP contribution is -2.33. The Labute approximate surface area is 122 Å². The minimum atomic E-state index is -0.401. The molecule has 2 aromatic carbocycles. The fraction of sp³-hybridized carbons (Fsp3) is 0.250. The van der Waals surface area contributed by atoms with Crippen molar-refractivity contribution < 1.29 is 13.9 Å². The smallest absolute Gasteiger partial charge is 0.165 e. The molecular weight excluding hydrogens is 271 g/mol. The molecule has 4 nitrogen and oxygen atoms in total. The molecule has 0 amide bonds. The summed E-state index contributed by atoms with van der Waals surface area (Å²) in [4.78, 5) is 0. The van der Waals surface area contributed by atoms with Gasteiger partial charge in [0.25, 0.3) is 0 Å². The summed E-state index contributed by atoms with van der Waals surface area (Å²) >= 11 is 0. The molecule has 3 N–H and O–H groups in total. The van der Waals surface area contributed by atoms with Crippen LogP contribution in [0.1, 0.15) is 23.1 Å². The zero-order chi connectivity index (χ0) is 14.8. The summed E-state index contributed by atoms with van der Waals surface area (Å²) in [7, 11) is 1.44. The molecule has 0 saturated heterocycles. The van der Waals surface area contributed by atoms with Crippen LogP contribution < -0.4 is 20.7 Å². The normalized spacial score (nSPS) is 18.0. The number of halogens is 1. The third kappa shape index (κ3) is 2.46. The minimum Gasteiger partial charge on any atom is -0.494 e. The van der Waals surface area contributed by atoms with Gasteiger partial charge in [-0.25, -0.2) is 4.39 Å². The number of hydrogen-bond acceptors (Lipinski definition) is 4. The average molecular weight is 288 g/mol. The van der Waals surface area contributed by atoms with Gasteiger partial charge in [-0.1, -0.05) is 24.3 Å². The summed E-state index contributed by atoms with van der Waals surface area (Å²) in [6.45, 7) is 0.516. The maximum atomic E-state index is 13.9. The van der Waals surface area contributed by atoms with Crippen LogP contribution in [0, 0.1) is 5.82 Å². The molecule has 3 rings (SSSR count). The lowest BCUT2D eigenvalue weighted by atomic mass is 9.89. The molecule has 1 aliphatic rings. The monoisotopic (exact) mass is 288 g/mol. The number of rotatable bonds is 4. The van der Waals surface area contributed by atoms with Gasteiger partial charge in [0.05, 0.1) is 19.8 Å². The van der Waals surface area contributed by atoms with E-state index in [1.807, 2.05) is 30.3 Å². The molecule has 110 valence electrons. The summed E-state index contributed by atoms with van der Waals surface area (Å²) in [5.74, 6) is 6.42. The number of benzene rings is 2. The Bertz CT molecular complexity index is 648. The minimum absolute atomic E-state index is 0.0407. The van der Waals surface area contributed by atoms with Crippen molar-refractivity contribution in [2.75, 3.05) is 13.7 Å². The molecule has 2 aromatic rings. The van der Waals surface area contributed by atoms with Gasteiger partial charge in [-0.05, 0) is 23.8 Å². The van der Waals surface area contributed by atoms with Crippen LogP contribution in [0.15, 0.2) is 42.5 Å². The Morgan fingerprint density at radius 1 is 1.33 bits per heavy atom. The SMILES string of the molecule is COc1ccc(C(NN)C2COc3ccccc32)cc1F. The van der Waals surface area contributed by atoms with Crippen LogP contribution >= 0.6 is 0 Å². The van der Waals surface area contributed by atoms with Crippen molar-refractivity contribution >= 4 is 0 Å². The van der Waals surface area contributed by atoms with E-state index in [1.165, 1.54) is 13.2 Å². The first kappa shape index (κ1) is 13.9. The standard InChI is InChI=1S/C16H17FN2O2/c1-20-15-7-6-10(8-13(15)17)16(19-18)12-9-21-14-5-3-2-4-11(12)14/h2-8,12,16,19H,9,18H2,1H3. The van der Waals surface area contributed by atoms with Crippen LogP contribution in [0.5, 0.6) is 11.5 Å². The van der Waals surface area contributed by atoms with Crippen molar-refractivity contribution in [2.24, 2.45) is 5.84 Å². The fourth-order valence-electron chi connectivity index (χ4n) is 2.78. The average Bonchev–Trinajstić information content (AvgIpc) is 2.93. The van der Waals surface area contributed by atoms with Crippen molar-refractivity contribution in [3.63, 3.8) is 0 Å². The second kappa shape index (κ2) is 5.71. The molecule has 0 spiro atoms. The molecule has 0 aliphatic carbocycles. The van der Waals surface area contributed by atoms with Gasteiger partial charge < -0.3 is 9.47 Å². The number of nitrogens with one attached hydrogen (secondary N) is 1. The van der Waals surface area contributed by atoms with E-state index in [0.29, 0.717) is 6.61 Å². The molecule has 2 atom stereocenters. The number of methoxy groups -OCH3 is 1. The third-order valence-corrected chi connectivity index (χ3v) is 3.85. The predicted molar refractivity (Wildman–Crippen MR) is 77.7 cm³/mol. The van der Waals surface area contributed by atoms with Gasteiger partial charge in [-0.15, -0.1) is 0 Å². The van der Waals surface area contributed by atoms with Gasteiger partial charge >= 0.3 is 0 Å².